The highest BCUT2D eigenvalue weighted by molar-refractivity contribution is 7.98. The molecule has 1 N–H and O–H groups in total. The first-order valence-corrected chi connectivity index (χ1v) is 8.70. The first-order chi connectivity index (χ1) is 10.5. The zero-order valence-electron chi connectivity index (χ0n) is 13.6. The summed E-state index contributed by atoms with van der Waals surface area (Å²) < 4.78 is 0. The van der Waals surface area contributed by atoms with Gasteiger partial charge in [-0.25, -0.2) is 4.98 Å². The number of aromatic amines is 1. The van der Waals surface area contributed by atoms with E-state index in [0.717, 1.165) is 21.9 Å². The Morgan fingerprint density at radius 1 is 1.05 bits per heavy atom. The molecule has 0 radical (unpaired) electrons. The first-order valence-electron chi connectivity index (χ1n) is 7.71. The SMILES string of the molecule is Cc1cc2nc(SCc3ccc(C(C)C)cc3)[nH]c2cc1C. The third-order valence-electron chi connectivity index (χ3n) is 4.10. The second-order valence-electron chi connectivity index (χ2n) is 6.18. The lowest BCUT2D eigenvalue weighted by molar-refractivity contribution is 0.866. The number of hydrogen-bond acceptors (Lipinski definition) is 2. The molecule has 0 bridgehead atoms. The van der Waals surface area contributed by atoms with Gasteiger partial charge in [0.05, 0.1) is 11.0 Å². The number of imidazole rings is 1. The van der Waals surface area contributed by atoms with E-state index in [1.54, 1.807) is 11.8 Å². The first kappa shape index (κ1) is 15.2. The number of nitrogens with zero attached hydrogens (tertiary/aromatic N) is 1. The van der Waals surface area contributed by atoms with Crippen LogP contribution >= 0.6 is 11.8 Å². The maximum atomic E-state index is 4.68. The van der Waals surface area contributed by atoms with Gasteiger partial charge in [-0.15, -0.1) is 0 Å². The van der Waals surface area contributed by atoms with Gasteiger partial charge >= 0.3 is 0 Å². The minimum absolute atomic E-state index is 0.587. The van der Waals surface area contributed by atoms with E-state index in [1.807, 2.05) is 0 Å². The van der Waals surface area contributed by atoms with Crippen molar-refractivity contribution in [3.63, 3.8) is 0 Å². The van der Waals surface area contributed by atoms with Gasteiger partial charge in [-0.1, -0.05) is 49.9 Å². The van der Waals surface area contributed by atoms with E-state index in [4.69, 9.17) is 0 Å². The molecule has 0 aliphatic rings. The molecule has 0 saturated heterocycles. The second kappa shape index (κ2) is 6.17. The molecule has 0 aliphatic heterocycles. The summed E-state index contributed by atoms with van der Waals surface area (Å²) in [7, 11) is 0. The number of aryl methyl sites for hydroxylation is 2. The van der Waals surface area contributed by atoms with Crippen LogP contribution in [0.25, 0.3) is 11.0 Å². The number of rotatable bonds is 4. The van der Waals surface area contributed by atoms with Crippen molar-refractivity contribution in [2.24, 2.45) is 0 Å². The van der Waals surface area contributed by atoms with E-state index >= 15 is 0 Å². The van der Waals surface area contributed by atoms with Gasteiger partial charge < -0.3 is 4.98 Å². The summed E-state index contributed by atoms with van der Waals surface area (Å²) in [5, 5.41) is 0.993. The van der Waals surface area contributed by atoms with Crippen LogP contribution in [0, 0.1) is 13.8 Å². The van der Waals surface area contributed by atoms with Crippen molar-refractivity contribution in [2.45, 2.75) is 44.5 Å². The lowest BCUT2D eigenvalue weighted by Gasteiger charge is -2.06. The van der Waals surface area contributed by atoms with Gasteiger partial charge in [0.2, 0.25) is 0 Å². The molecule has 0 unspecified atom stereocenters. The van der Waals surface area contributed by atoms with Gasteiger partial charge in [0.25, 0.3) is 0 Å². The fourth-order valence-corrected chi connectivity index (χ4v) is 3.31. The smallest absolute Gasteiger partial charge is 0.166 e. The van der Waals surface area contributed by atoms with Crippen LogP contribution in [-0.2, 0) is 5.75 Å². The van der Waals surface area contributed by atoms with E-state index < -0.39 is 0 Å². The van der Waals surface area contributed by atoms with Crippen LogP contribution in [-0.4, -0.2) is 9.97 Å². The molecule has 1 aromatic heterocycles. The van der Waals surface area contributed by atoms with Crippen molar-refractivity contribution in [1.29, 1.82) is 0 Å². The van der Waals surface area contributed by atoms with Crippen molar-refractivity contribution in [3.8, 4) is 0 Å². The molecule has 0 saturated carbocycles. The molecular formula is C19H22N2S. The summed E-state index contributed by atoms with van der Waals surface area (Å²) in [6, 6.07) is 13.2. The quantitative estimate of drug-likeness (QED) is 0.636. The molecule has 0 atom stereocenters. The summed E-state index contributed by atoms with van der Waals surface area (Å²) >= 11 is 1.76. The number of benzene rings is 2. The highest BCUT2D eigenvalue weighted by atomic mass is 32.2. The Kier molecular flexibility index (Phi) is 4.25. The van der Waals surface area contributed by atoms with Crippen LogP contribution in [0.15, 0.2) is 41.6 Å². The van der Waals surface area contributed by atoms with Gasteiger partial charge in [0.15, 0.2) is 5.16 Å². The predicted molar refractivity (Wildman–Crippen MR) is 95.7 cm³/mol. The van der Waals surface area contributed by atoms with E-state index in [0.29, 0.717) is 5.92 Å². The normalized spacial score (nSPS) is 11.5. The van der Waals surface area contributed by atoms with Crippen molar-refractivity contribution in [2.75, 3.05) is 0 Å². The summed E-state index contributed by atoms with van der Waals surface area (Å²) in [6.07, 6.45) is 0. The highest BCUT2D eigenvalue weighted by Crippen LogP contribution is 2.25. The molecule has 114 valence electrons. The average Bonchev–Trinajstić information content (AvgIpc) is 2.88. The molecule has 1 heterocycles. The molecule has 22 heavy (non-hydrogen) atoms. The zero-order chi connectivity index (χ0) is 15.7. The monoisotopic (exact) mass is 310 g/mol. The van der Waals surface area contributed by atoms with Crippen molar-refractivity contribution >= 4 is 22.8 Å². The molecule has 3 rings (SSSR count). The summed E-state index contributed by atoms with van der Waals surface area (Å²) in [5.41, 5.74) is 7.50. The van der Waals surface area contributed by atoms with Gasteiger partial charge in [0, 0.05) is 5.75 Å². The highest BCUT2D eigenvalue weighted by Gasteiger charge is 2.06. The Bertz CT molecular complexity index is 746. The largest absolute Gasteiger partial charge is 0.333 e. The summed E-state index contributed by atoms with van der Waals surface area (Å²) in [5.74, 6) is 1.53. The molecule has 2 aromatic carbocycles. The lowest BCUT2D eigenvalue weighted by Crippen LogP contribution is -1.88. The Hall–Kier alpha value is -1.74. The number of fused-ring (bicyclic) bond motifs is 1. The Morgan fingerprint density at radius 3 is 2.41 bits per heavy atom. The fraction of sp³-hybridized carbons (Fsp3) is 0.316. The van der Waals surface area contributed by atoms with Crippen LogP contribution in [0.3, 0.4) is 0 Å². The number of H-pyrrole nitrogens is 1. The average molecular weight is 310 g/mol. The third-order valence-corrected chi connectivity index (χ3v) is 5.04. The second-order valence-corrected chi connectivity index (χ2v) is 7.14. The molecule has 0 fully saturated rings. The van der Waals surface area contributed by atoms with Crippen molar-refractivity contribution in [3.05, 3.63) is 58.7 Å². The number of hydrogen-bond donors (Lipinski definition) is 1. The standard InChI is InChI=1S/C19H22N2S/c1-12(2)16-7-5-15(6-8-16)11-22-19-20-17-9-13(3)14(4)10-18(17)21-19/h5-10,12H,11H2,1-4H3,(H,20,21). The Balaban J connectivity index is 1.73. The van der Waals surface area contributed by atoms with Crippen molar-refractivity contribution < 1.29 is 0 Å². The molecule has 3 heteroatoms. The topological polar surface area (TPSA) is 28.7 Å². The van der Waals surface area contributed by atoms with Crippen LogP contribution < -0.4 is 0 Å². The zero-order valence-corrected chi connectivity index (χ0v) is 14.4. The fourth-order valence-electron chi connectivity index (χ4n) is 2.46. The molecule has 2 nitrogen and oxygen atoms in total. The van der Waals surface area contributed by atoms with Gasteiger partial charge in [0.1, 0.15) is 0 Å². The van der Waals surface area contributed by atoms with Gasteiger partial charge in [-0.3, -0.25) is 0 Å². The molecule has 3 aromatic rings. The Labute approximate surface area is 136 Å². The van der Waals surface area contributed by atoms with E-state index in [1.165, 1.54) is 22.3 Å². The van der Waals surface area contributed by atoms with E-state index in [2.05, 4.69) is 74.1 Å². The maximum Gasteiger partial charge on any atom is 0.166 e. The van der Waals surface area contributed by atoms with Crippen LogP contribution in [0.4, 0.5) is 0 Å². The van der Waals surface area contributed by atoms with Crippen LogP contribution in [0.5, 0.6) is 0 Å². The number of thioether (sulfide) groups is 1. The van der Waals surface area contributed by atoms with E-state index in [-0.39, 0.29) is 0 Å². The molecule has 0 amide bonds. The molecular weight excluding hydrogens is 288 g/mol. The summed E-state index contributed by atoms with van der Waals surface area (Å²) in [6.45, 7) is 8.72. The summed E-state index contributed by atoms with van der Waals surface area (Å²) in [4.78, 5) is 8.10. The Morgan fingerprint density at radius 2 is 1.73 bits per heavy atom. The van der Waals surface area contributed by atoms with Crippen LogP contribution in [0.2, 0.25) is 0 Å². The van der Waals surface area contributed by atoms with Gasteiger partial charge in [-0.2, -0.15) is 0 Å². The third kappa shape index (κ3) is 3.20. The van der Waals surface area contributed by atoms with E-state index in [9.17, 15) is 0 Å². The van der Waals surface area contributed by atoms with Gasteiger partial charge in [-0.05, 0) is 54.2 Å². The predicted octanol–water partition coefficient (Wildman–Crippen LogP) is 5.60. The van der Waals surface area contributed by atoms with Crippen molar-refractivity contribution in [1.82, 2.24) is 9.97 Å². The maximum absolute atomic E-state index is 4.68. The minimum Gasteiger partial charge on any atom is -0.333 e. The lowest BCUT2D eigenvalue weighted by atomic mass is 10.0. The molecule has 0 aliphatic carbocycles. The number of aromatic nitrogens is 2. The number of nitrogens with one attached hydrogen (secondary N) is 1. The minimum atomic E-state index is 0.587. The van der Waals surface area contributed by atoms with Crippen LogP contribution in [0.1, 0.15) is 42.0 Å². The molecule has 0 spiro atoms.